The molecule has 0 saturated heterocycles. The Balaban J connectivity index is 1.85. The average molecular weight is 553 g/mol. The van der Waals surface area contributed by atoms with E-state index in [9.17, 15) is 14.7 Å². The van der Waals surface area contributed by atoms with Crippen molar-refractivity contribution in [1.82, 2.24) is 15.3 Å². The van der Waals surface area contributed by atoms with Crippen molar-refractivity contribution >= 4 is 17.5 Å². The number of allylic oxidation sites excluding steroid dienone is 1. The van der Waals surface area contributed by atoms with Crippen LogP contribution >= 0.6 is 0 Å². The quantitative estimate of drug-likeness (QED) is 0.346. The molecule has 2 amide bonds. The summed E-state index contributed by atoms with van der Waals surface area (Å²) in [6, 6.07) is 12.8. The minimum absolute atomic E-state index is 0.106. The summed E-state index contributed by atoms with van der Waals surface area (Å²) < 4.78 is 5.46. The lowest BCUT2D eigenvalue weighted by atomic mass is 9.87. The number of hydrogen-bond acceptors (Lipinski definition) is 5. The molecule has 1 aromatic heterocycles. The molecule has 212 valence electrons. The third-order valence-electron chi connectivity index (χ3n) is 7.26. The molecule has 0 saturated carbocycles. The van der Waals surface area contributed by atoms with Gasteiger partial charge in [0.25, 0.3) is 5.91 Å². The van der Waals surface area contributed by atoms with Crippen LogP contribution in [0, 0.1) is 12.3 Å². The number of ether oxygens (including phenoxy) is 1. The third-order valence-corrected chi connectivity index (χ3v) is 7.26. The lowest BCUT2D eigenvalue weighted by Crippen LogP contribution is -2.49. The van der Waals surface area contributed by atoms with E-state index in [1.807, 2.05) is 31.2 Å². The molecule has 1 aliphatic rings. The number of nitrogens with zero attached hydrogens (tertiary/aromatic N) is 2. The zero-order valence-corrected chi connectivity index (χ0v) is 24.0. The smallest absolute Gasteiger partial charge is 0.277 e. The van der Waals surface area contributed by atoms with E-state index in [0.29, 0.717) is 23.4 Å². The molecule has 0 spiro atoms. The first-order valence-corrected chi connectivity index (χ1v) is 13.4. The Morgan fingerprint density at radius 3 is 2.59 bits per heavy atom. The first kappa shape index (κ1) is 29.4. The van der Waals surface area contributed by atoms with E-state index in [2.05, 4.69) is 42.0 Å². The highest BCUT2D eigenvalue weighted by Gasteiger charge is 2.38. The van der Waals surface area contributed by atoms with E-state index in [-0.39, 0.29) is 11.1 Å². The monoisotopic (exact) mass is 552 g/mol. The highest BCUT2D eigenvalue weighted by atomic mass is 16.5. The predicted molar refractivity (Wildman–Crippen MR) is 160 cm³/mol. The van der Waals surface area contributed by atoms with Gasteiger partial charge in [0, 0.05) is 5.69 Å². The number of benzene rings is 2. The number of carbonyl (C=O) groups is 2. The van der Waals surface area contributed by atoms with Crippen molar-refractivity contribution in [3.8, 4) is 18.1 Å². The number of hydrogen-bond donors (Lipinski definition) is 3. The van der Waals surface area contributed by atoms with Crippen LogP contribution in [0.5, 0.6) is 5.75 Å². The molecule has 0 aliphatic heterocycles. The summed E-state index contributed by atoms with van der Waals surface area (Å²) in [7, 11) is 1.54. The Bertz CT molecular complexity index is 1490. The normalized spacial score (nSPS) is 17.8. The van der Waals surface area contributed by atoms with Crippen molar-refractivity contribution in [2.24, 2.45) is 0 Å². The number of nitrogens with one attached hydrogen (secondary N) is 2. The fourth-order valence-corrected chi connectivity index (χ4v) is 5.05. The molecule has 1 unspecified atom stereocenters. The average Bonchev–Trinajstić information content (AvgIpc) is 3.58. The molecular formula is C33H36N4O4. The maximum Gasteiger partial charge on any atom is 0.277 e. The molecular weight excluding hydrogens is 516 g/mol. The molecule has 8 heteroatoms. The summed E-state index contributed by atoms with van der Waals surface area (Å²) in [5.74, 6) is 2.08. The summed E-state index contributed by atoms with van der Waals surface area (Å²) in [6.45, 7) is 8.22. The van der Waals surface area contributed by atoms with Crippen LogP contribution in [0.4, 0.5) is 5.69 Å². The number of H-pyrrole nitrogens is 1. The SMILES string of the molecule is C#C/C=C\C1=C(C)C[C@@H](O)[C@H]1NC(=O)C(c1cccc(OC)c1)N(C(=O)c1cnc[nH]1)c1ccc(C(C)(C)C)cc1. The molecule has 4 rings (SSSR count). The minimum atomic E-state index is -1.12. The second-order valence-electron chi connectivity index (χ2n) is 11.1. The van der Waals surface area contributed by atoms with Crippen molar-refractivity contribution in [2.45, 2.75) is 57.7 Å². The summed E-state index contributed by atoms with van der Waals surface area (Å²) in [4.78, 5) is 36.7. The Morgan fingerprint density at radius 2 is 1.98 bits per heavy atom. The van der Waals surface area contributed by atoms with Crippen molar-refractivity contribution in [1.29, 1.82) is 0 Å². The molecule has 0 bridgehead atoms. The largest absolute Gasteiger partial charge is 0.497 e. The number of methoxy groups -OCH3 is 1. The van der Waals surface area contributed by atoms with Gasteiger partial charge in [-0.15, -0.1) is 6.42 Å². The first-order valence-electron chi connectivity index (χ1n) is 13.4. The summed E-state index contributed by atoms with van der Waals surface area (Å²) >= 11 is 0. The Kier molecular flexibility index (Phi) is 8.80. The highest BCUT2D eigenvalue weighted by Crippen LogP contribution is 2.34. The van der Waals surface area contributed by atoms with Crippen LogP contribution in [0.2, 0.25) is 0 Å². The molecule has 41 heavy (non-hydrogen) atoms. The number of aliphatic hydroxyl groups excluding tert-OH is 1. The Morgan fingerprint density at radius 1 is 1.24 bits per heavy atom. The van der Waals surface area contributed by atoms with Crippen LogP contribution in [0.1, 0.15) is 61.8 Å². The first-order chi connectivity index (χ1) is 19.5. The molecule has 3 atom stereocenters. The number of aromatic amines is 1. The topological polar surface area (TPSA) is 108 Å². The standard InChI is InChI=1S/C33H36N4O4/c1-7-8-12-26-21(2)17-28(38)29(26)36-31(39)30(22-10-9-11-25(18-22)41-6)37(32(40)27-19-34-20-35-27)24-15-13-23(14-16-24)33(3,4)5/h1,8-16,18-20,28-30,38H,17H2,2-6H3,(H,34,35)(H,36,39)/b12-8-/t28-,29+,30?/m1/s1. The minimum Gasteiger partial charge on any atom is -0.497 e. The van der Waals surface area contributed by atoms with E-state index in [1.165, 1.54) is 17.4 Å². The van der Waals surface area contributed by atoms with Gasteiger partial charge in [0.2, 0.25) is 5.91 Å². The molecule has 8 nitrogen and oxygen atoms in total. The van der Waals surface area contributed by atoms with Gasteiger partial charge in [-0.25, -0.2) is 4.98 Å². The molecule has 3 aromatic rings. The van der Waals surface area contributed by atoms with Crippen molar-refractivity contribution in [3.05, 3.63) is 101 Å². The van der Waals surface area contributed by atoms with Gasteiger partial charge in [0.05, 0.1) is 31.8 Å². The molecule has 0 radical (unpaired) electrons. The second kappa shape index (κ2) is 12.3. The fraction of sp³-hybridized carbons (Fsp3) is 0.303. The summed E-state index contributed by atoms with van der Waals surface area (Å²) in [5, 5.41) is 13.9. The van der Waals surface area contributed by atoms with Crippen LogP contribution in [0.25, 0.3) is 0 Å². The number of carbonyl (C=O) groups excluding carboxylic acids is 2. The van der Waals surface area contributed by atoms with E-state index in [4.69, 9.17) is 11.2 Å². The number of terminal acetylenes is 1. The maximum atomic E-state index is 14.3. The molecule has 0 fully saturated rings. The van der Waals surface area contributed by atoms with Crippen molar-refractivity contribution < 1.29 is 19.4 Å². The zero-order chi connectivity index (χ0) is 29.7. The number of rotatable bonds is 8. The Hall–Kier alpha value is -4.61. The van der Waals surface area contributed by atoms with Gasteiger partial charge >= 0.3 is 0 Å². The summed E-state index contributed by atoms with van der Waals surface area (Å²) in [6.07, 6.45) is 11.1. The number of aromatic nitrogens is 2. The van der Waals surface area contributed by atoms with E-state index in [0.717, 1.165) is 16.7 Å². The van der Waals surface area contributed by atoms with Gasteiger partial charge in [-0.2, -0.15) is 0 Å². The molecule has 1 aliphatic carbocycles. The number of anilines is 1. The molecule has 1 heterocycles. The molecule has 3 N–H and O–H groups in total. The summed E-state index contributed by atoms with van der Waals surface area (Å²) in [5.41, 5.74) is 3.92. The fourth-order valence-electron chi connectivity index (χ4n) is 5.05. The van der Waals surface area contributed by atoms with Gasteiger partial charge in [-0.3, -0.25) is 14.5 Å². The Labute approximate surface area is 241 Å². The van der Waals surface area contributed by atoms with Crippen molar-refractivity contribution in [2.75, 3.05) is 12.0 Å². The van der Waals surface area contributed by atoms with Crippen LogP contribution in [-0.4, -0.2) is 46.1 Å². The van der Waals surface area contributed by atoms with Gasteiger partial charge in [0.1, 0.15) is 17.5 Å². The molecule has 2 aromatic carbocycles. The predicted octanol–water partition coefficient (Wildman–Crippen LogP) is 4.86. The number of aliphatic hydroxyl groups is 1. The van der Waals surface area contributed by atoms with E-state index < -0.39 is 30.0 Å². The van der Waals surface area contributed by atoms with Gasteiger partial charge < -0.3 is 20.1 Å². The van der Waals surface area contributed by atoms with E-state index >= 15 is 0 Å². The van der Waals surface area contributed by atoms with Crippen molar-refractivity contribution in [3.63, 3.8) is 0 Å². The van der Waals surface area contributed by atoms with Gasteiger partial charge in [0.15, 0.2) is 0 Å². The van der Waals surface area contributed by atoms with Crippen LogP contribution in [0.3, 0.4) is 0 Å². The lowest BCUT2D eigenvalue weighted by Gasteiger charge is -2.33. The van der Waals surface area contributed by atoms with Crippen LogP contribution in [0.15, 0.2) is 84.4 Å². The van der Waals surface area contributed by atoms with E-state index in [1.54, 1.807) is 43.5 Å². The van der Waals surface area contributed by atoms with Crippen LogP contribution < -0.4 is 15.0 Å². The zero-order valence-electron chi connectivity index (χ0n) is 24.0. The maximum absolute atomic E-state index is 14.3. The number of amides is 2. The van der Waals surface area contributed by atoms with Crippen LogP contribution in [-0.2, 0) is 10.2 Å². The van der Waals surface area contributed by atoms with Gasteiger partial charge in [-0.1, -0.05) is 56.5 Å². The number of imidazole rings is 1. The lowest BCUT2D eigenvalue weighted by molar-refractivity contribution is -0.123. The van der Waals surface area contributed by atoms with Gasteiger partial charge in [-0.05, 0) is 71.9 Å². The second-order valence-corrected chi connectivity index (χ2v) is 11.1. The third kappa shape index (κ3) is 6.42. The highest BCUT2D eigenvalue weighted by molar-refractivity contribution is 6.09.